The summed E-state index contributed by atoms with van der Waals surface area (Å²) < 4.78 is 0. The topological polar surface area (TPSA) is 41.1 Å². The first-order chi connectivity index (χ1) is 8.09. The third-order valence-corrected chi connectivity index (χ3v) is 3.45. The normalized spacial score (nSPS) is 24.9. The molecule has 1 aliphatic rings. The molecule has 0 aliphatic carbocycles. The molecule has 1 rings (SSSR count). The van der Waals surface area contributed by atoms with Gasteiger partial charge >= 0.3 is 0 Å². The zero-order valence-corrected chi connectivity index (χ0v) is 11.6. The number of nitrogens with one attached hydrogen (secondary N) is 2. The summed E-state index contributed by atoms with van der Waals surface area (Å²) in [5.74, 6) is 1.83. The molecule has 1 fully saturated rings. The van der Waals surface area contributed by atoms with Crippen molar-refractivity contribution >= 4 is 5.91 Å². The van der Waals surface area contributed by atoms with Crippen molar-refractivity contribution in [1.29, 1.82) is 0 Å². The molecule has 3 heteroatoms. The Morgan fingerprint density at radius 2 is 2.12 bits per heavy atom. The van der Waals surface area contributed by atoms with E-state index in [1.807, 2.05) is 0 Å². The average Bonchev–Trinajstić information content (AvgIpc) is 2.28. The maximum Gasteiger partial charge on any atom is 0.224 e. The summed E-state index contributed by atoms with van der Waals surface area (Å²) >= 11 is 0. The maximum atomic E-state index is 11.9. The van der Waals surface area contributed by atoms with E-state index in [1.54, 1.807) is 0 Å². The minimum absolute atomic E-state index is 0.184. The molecule has 100 valence electrons. The van der Waals surface area contributed by atoms with Crippen molar-refractivity contribution in [1.82, 2.24) is 10.6 Å². The van der Waals surface area contributed by atoms with Gasteiger partial charge in [-0.3, -0.25) is 4.79 Å². The van der Waals surface area contributed by atoms with Gasteiger partial charge in [-0.15, -0.1) is 0 Å². The summed E-state index contributed by atoms with van der Waals surface area (Å²) in [5.41, 5.74) is 0. The van der Waals surface area contributed by atoms with E-state index in [2.05, 4.69) is 31.4 Å². The zero-order chi connectivity index (χ0) is 12.7. The number of unbranched alkanes of at least 4 members (excludes halogenated alkanes) is 1. The van der Waals surface area contributed by atoms with Crippen molar-refractivity contribution in [2.75, 3.05) is 19.6 Å². The molecule has 2 unspecified atom stereocenters. The summed E-state index contributed by atoms with van der Waals surface area (Å²) in [6.07, 6.45) is 4.62. The highest BCUT2D eigenvalue weighted by molar-refractivity contribution is 5.78. The molecule has 2 N–H and O–H groups in total. The second-order valence-electron chi connectivity index (χ2n) is 5.88. The van der Waals surface area contributed by atoms with Gasteiger partial charge in [0.25, 0.3) is 0 Å². The van der Waals surface area contributed by atoms with Crippen LogP contribution in [0.4, 0.5) is 0 Å². The van der Waals surface area contributed by atoms with Gasteiger partial charge in [-0.2, -0.15) is 0 Å². The molecule has 0 aromatic rings. The number of piperidine rings is 1. The third kappa shape index (κ3) is 6.06. The molecular formula is C14H28N2O. The van der Waals surface area contributed by atoms with Crippen molar-refractivity contribution in [3.05, 3.63) is 0 Å². The lowest BCUT2D eigenvalue weighted by Crippen LogP contribution is -2.43. The fraction of sp³-hybridized carbons (Fsp3) is 0.929. The Hall–Kier alpha value is -0.570. The first-order valence-corrected chi connectivity index (χ1v) is 7.08. The summed E-state index contributed by atoms with van der Waals surface area (Å²) in [4.78, 5) is 11.9. The van der Waals surface area contributed by atoms with Crippen LogP contribution in [0, 0.1) is 17.8 Å². The molecule has 2 atom stereocenters. The molecule has 0 bridgehead atoms. The lowest BCUT2D eigenvalue weighted by atomic mass is 9.91. The first kappa shape index (κ1) is 14.5. The van der Waals surface area contributed by atoms with Crippen molar-refractivity contribution in [3.63, 3.8) is 0 Å². The van der Waals surface area contributed by atoms with Gasteiger partial charge in [-0.1, -0.05) is 33.6 Å². The Labute approximate surface area is 106 Å². The van der Waals surface area contributed by atoms with Crippen molar-refractivity contribution < 1.29 is 4.79 Å². The molecule has 0 spiro atoms. The molecule has 1 aliphatic heterocycles. The Balaban J connectivity index is 2.08. The van der Waals surface area contributed by atoms with E-state index in [-0.39, 0.29) is 11.8 Å². The minimum Gasteiger partial charge on any atom is -0.356 e. The van der Waals surface area contributed by atoms with Gasteiger partial charge in [0.1, 0.15) is 0 Å². The van der Waals surface area contributed by atoms with E-state index in [1.165, 1.54) is 12.8 Å². The number of rotatable bonds is 6. The van der Waals surface area contributed by atoms with Gasteiger partial charge in [0.05, 0.1) is 5.92 Å². The monoisotopic (exact) mass is 240 g/mol. The Morgan fingerprint density at radius 1 is 1.35 bits per heavy atom. The molecule has 0 saturated carbocycles. The zero-order valence-electron chi connectivity index (χ0n) is 11.6. The molecule has 3 nitrogen and oxygen atoms in total. The second-order valence-corrected chi connectivity index (χ2v) is 5.88. The minimum atomic E-state index is 0.184. The van der Waals surface area contributed by atoms with Crippen molar-refractivity contribution in [2.24, 2.45) is 17.8 Å². The van der Waals surface area contributed by atoms with E-state index in [9.17, 15) is 4.79 Å². The van der Waals surface area contributed by atoms with E-state index >= 15 is 0 Å². The number of hydrogen-bond acceptors (Lipinski definition) is 2. The van der Waals surface area contributed by atoms with Gasteiger partial charge < -0.3 is 10.6 Å². The molecule has 1 heterocycles. The molecule has 0 aromatic carbocycles. The SMILES string of the molecule is CC(C)CCCCNC(=O)C1CNCC(C)C1. The summed E-state index contributed by atoms with van der Waals surface area (Å²) in [5, 5.41) is 6.39. The summed E-state index contributed by atoms with van der Waals surface area (Å²) in [6.45, 7) is 9.44. The van der Waals surface area contributed by atoms with Gasteiger partial charge in [0, 0.05) is 13.1 Å². The van der Waals surface area contributed by atoms with Gasteiger partial charge in [0.2, 0.25) is 5.91 Å². The molecule has 0 aromatic heterocycles. The molecule has 0 radical (unpaired) electrons. The van der Waals surface area contributed by atoms with Crippen LogP contribution in [0.15, 0.2) is 0 Å². The van der Waals surface area contributed by atoms with Gasteiger partial charge in [0.15, 0.2) is 0 Å². The highest BCUT2D eigenvalue weighted by atomic mass is 16.1. The van der Waals surface area contributed by atoms with E-state index in [0.29, 0.717) is 5.92 Å². The maximum absolute atomic E-state index is 11.9. The van der Waals surface area contributed by atoms with E-state index in [0.717, 1.165) is 38.4 Å². The first-order valence-electron chi connectivity index (χ1n) is 7.08. The number of carbonyl (C=O) groups is 1. The highest BCUT2D eigenvalue weighted by Crippen LogP contribution is 2.15. The van der Waals surface area contributed by atoms with Crippen LogP contribution >= 0.6 is 0 Å². The smallest absolute Gasteiger partial charge is 0.224 e. The van der Waals surface area contributed by atoms with E-state index < -0.39 is 0 Å². The Kier molecular flexibility index (Phi) is 6.56. The number of carbonyl (C=O) groups excluding carboxylic acids is 1. The van der Waals surface area contributed by atoms with Crippen LogP contribution in [0.25, 0.3) is 0 Å². The Bertz CT molecular complexity index is 228. The molecule has 1 saturated heterocycles. The largest absolute Gasteiger partial charge is 0.356 e. The van der Waals surface area contributed by atoms with Crippen LogP contribution in [0.3, 0.4) is 0 Å². The number of hydrogen-bond donors (Lipinski definition) is 2. The highest BCUT2D eigenvalue weighted by Gasteiger charge is 2.24. The fourth-order valence-electron chi connectivity index (χ4n) is 2.39. The van der Waals surface area contributed by atoms with Gasteiger partial charge in [-0.05, 0) is 31.2 Å². The van der Waals surface area contributed by atoms with Crippen LogP contribution in [0.5, 0.6) is 0 Å². The van der Waals surface area contributed by atoms with Crippen LogP contribution in [0.2, 0.25) is 0 Å². The van der Waals surface area contributed by atoms with Crippen LogP contribution in [-0.2, 0) is 4.79 Å². The lowest BCUT2D eigenvalue weighted by Gasteiger charge is -2.26. The predicted molar refractivity (Wildman–Crippen MR) is 71.8 cm³/mol. The third-order valence-electron chi connectivity index (χ3n) is 3.45. The van der Waals surface area contributed by atoms with Crippen LogP contribution < -0.4 is 10.6 Å². The lowest BCUT2D eigenvalue weighted by molar-refractivity contribution is -0.125. The van der Waals surface area contributed by atoms with Crippen LogP contribution in [-0.4, -0.2) is 25.5 Å². The summed E-state index contributed by atoms with van der Waals surface area (Å²) in [6, 6.07) is 0. The van der Waals surface area contributed by atoms with Crippen molar-refractivity contribution in [3.8, 4) is 0 Å². The molecule has 1 amide bonds. The van der Waals surface area contributed by atoms with Crippen molar-refractivity contribution in [2.45, 2.75) is 46.5 Å². The number of amides is 1. The quantitative estimate of drug-likeness (QED) is 0.699. The van der Waals surface area contributed by atoms with Gasteiger partial charge in [-0.25, -0.2) is 0 Å². The predicted octanol–water partition coefficient (Wildman–Crippen LogP) is 2.17. The molecular weight excluding hydrogens is 212 g/mol. The second kappa shape index (κ2) is 7.70. The molecule has 17 heavy (non-hydrogen) atoms. The van der Waals surface area contributed by atoms with E-state index in [4.69, 9.17) is 0 Å². The summed E-state index contributed by atoms with van der Waals surface area (Å²) in [7, 11) is 0. The Morgan fingerprint density at radius 3 is 2.76 bits per heavy atom. The average molecular weight is 240 g/mol. The van der Waals surface area contributed by atoms with Crippen LogP contribution in [0.1, 0.15) is 46.5 Å². The fourth-order valence-corrected chi connectivity index (χ4v) is 2.39. The standard InChI is InChI=1S/C14H28N2O/c1-11(2)6-4-5-7-16-14(17)13-8-12(3)9-15-10-13/h11-13,15H,4-10H2,1-3H3,(H,16,17).